The first-order valence-corrected chi connectivity index (χ1v) is 4.83. The average molecular weight is 168 g/mol. The molecule has 12 heavy (non-hydrogen) atoms. The Bertz CT molecular complexity index is 187. The van der Waals surface area contributed by atoms with E-state index < -0.39 is 0 Å². The van der Waals surface area contributed by atoms with Crippen molar-refractivity contribution in [3.63, 3.8) is 0 Å². The molecule has 3 nitrogen and oxygen atoms in total. The lowest BCUT2D eigenvalue weighted by atomic mass is 9.75. The molecule has 2 rings (SSSR count). The molecular weight excluding hydrogens is 152 g/mol. The average Bonchev–Trinajstić information content (AvgIpc) is 1.94. The molecule has 2 saturated heterocycles. The van der Waals surface area contributed by atoms with E-state index in [2.05, 4.69) is 10.6 Å². The predicted octanol–water partition coefficient (Wildman–Crippen LogP) is 0.266. The normalized spacial score (nSPS) is 28.5. The molecule has 2 aliphatic heterocycles. The summed E-state index contributed by atoms with van der Waals surface area (Å²) in [7, 11) is 0. The summed E-state index contributed by atoms with van der Waals surface area (Å²) in [6.45, 7) is 2.65. The highest BCUT2D eigenvalue weighted by atomic mass is 16.2. The van der Waals surface area contributed by atoms with Crippen molar-refractivity contribution in [1.29, 1.82) is 0 Å². The summed E-state index contributed by atoms with van der Waals surface area (Å²) >= 11 is 0. The van der Waals surface area contributed by atoms with Crippen LogP contribution in [0.2, 0.25) is 0 Å². The third kappa shape index (κ3) is 1.22. The Labute approximate surface area is 72.9 Å². The van der Waals surface area contributed by atoms with Gasteiger partial charge in [-0.2, -0.15) is 0 Å². The van der Waals surface area contributed by atoms with E-state index in [1.165, 1.54) is 12.8 Å². The molecule has 0 unspecified atom stereocenters. The van der Waals surface area contributed by atoms with Crippen LogP contribution in [-0.4, -0.2) is 25.5 Å². The summed E-state index contributed by atoms with van der Waals surface area (Å²) < 4.78 is 0. The Morgan fingerprint density at radius 1 is 1.17 bits per heavy atom. The summed E-state index contributed by atoms with van der Waals surface area (Å²) in [5.41, 5.74) is -0.0274. The largest absolute Gasteiger partial charge is 0.356 e. The maximum atomic E-state index is 11.6. The third-order valence-corrected chi connectivity index (χ3v) is 3.03. The second-order valence-electron chi connectivity index (χ2n) is 3.95. The van der Waals surface area contributed by atoms with E-state index in [1.807, 2.05) is 0 Å². The molecule has 0 aromatic heterocycles. The first-order valence-electron chi connectivity index (χ1n) is 4.83. The second kappa shape index (κ2) is 3.05. The van der Waals surface area contributed by atoms with Gasteiger partial charge in [0.15, 0.2) is 0 Å². The van der Waals surface area contributed by atoms with Crippen LogP contribution in [0.5, 0.6) is 0 Å². The molecule has 1 spiro atoms. The monoisotopic (exact) mass is 168 g/mol. The standard InChI is InChI=1S/C9H16N2O/c12-8-9(6-10-7-9)4-2-1-3-5-11-8/h10H,1-7H2,(H,11,12). The van der Waals surface area contributed by atoms with Crippen LogP contribution in [0.15, 0.2) is 0 Å². The van der Waals surface area contributed by atoms with E-state index >= 15 is 0 Å². The third-order valence-electron chi connectivity index (χ3n) is 3.03. The Balaban J connectivity index is 2.02. The Kier molecular flexibility index (Phi) is 2.05. The number of hydrogen-bond donors (Lipinski definition) is 2. The zero-order chi connectivity index (χ0) is 8.44. The summed E-state index contributed by atoms with van der Waals surface area (Å²) in [6.07, 6.45) is 4.71. The molecule has 0 saturated carbocycles. The van der Waals surface area contributed by atoms with Gasteiger partial charge in [-0.05, 0) is 12.8 Å². The van der Waals surface area contributed by atoms with Crippen molar-refractivity contribution >= 4 is 5.91 Å². The zero-order valence-corrected chi connectivity index (χ0v) is 7.36. The zero-order valence-electron chi connectivity index (χ0n) is 7.36. The van der Waals surface area contributed by atoms with Gasteiger partial charge in [-0.3, -0.25) is 4.79 Å². The highest BCUT2D eigenvalue weighted by molar-refractivity contribution is 5.84. The molecule has 0 bridgehead atoms. The Hall–Kier alpha value is -0.570. The van der Waals surface area contributed by atoms with Crippen LogP contribution in [-0.2, 0) is 4.79 Å². The first-order chi connectivity index (χ1) is 5.83. The minimum absolute atomic E-state index is 0.0274. The van der Waals surface area contributed by atoms with Crippen molar-refractivity contribution in [3.05, 3.63) is 0 Å². The van der Waals surface area contributed by atoms with Gasteiger partial charge in [-0.1, -0.05) is 12.8 Å². The van der Waals surface area contributed by atoms with Gasteiger partial charge in [-0.25, -0.2) is 0 Å². The fourth-order valence-corrected chi connectivity index (χ4v) is 2.03. The molecule has 68 valence electrons. The lowest BCUT2D eigenvalue weighted by molar-refractivity contribution is -0.135. The van der Waals surface area contributed by atoms with Crippen molar-refractivity contribution in [3.8, 4) is 0 Å². The molecule has 1 amide bonds. The summed E-state index contributed by atoms with van der Waals surface area (Å²) in [4.78, 5) is 11.6. The van der Waals surface area contributed by atoms with Crippen LogP contribution in [0.4, 0.5) is 0 Å². The lowest BCUT2D eigenvalue weighted by Gasteiger charge is -2.42. The van der Waals surface area contributed by atoms with Crippen LogP contribution in [0, 0.1) is 5.41 Å². The maximum Gasteiger partial charge on any atom is 0.228 e. The van der Waals surface area contributed by atoms with Gasteiger partial charge in [0.2, 0.25) is 5.91 Å². The number of hydrogen-bond acceptors (Lipinski definition) is 2. The van der Waals surface area contributed by atoms with Gasteiger partial charge in [-0.15, -0.1) is 0 Å². The predicted molar refractivity (Wildman–Crippen MR) is 46.8 cm³/mol. The number of carbonyl (C=O) groups is 1. The molecule has 0 aliphatic carbocycles. The summed E-state index contributed by atoms with van der Waals surface area (Å²) in [5.74, 6) is 0.279. The van der Waals surface area contributed by atoms with Crippen LogP contribution in [0.3, 0.4) is 0 Å². The van der Waals surface area contributed by atoms with E-state index in [-0.39, 0.29) is 11.3 Å². The van der Waals surface area contributed by atoms with Crippen molar-refractivity contribution < 1.29 is 4.79 Å². The van der Waals surface area contributed by atoms with Crippen LogP contribution in [0.1, 0.15) is 25.7 Å². The maximum absolute atomic E-state index is 11.6. The molecule has 2 fully saturated rings. The van der Waals surface area contributed by atoms with Crippen LogP contribution in [0.25, 0.3) is 0 Å². The number of nitrogens with one attached hydrogen (secondary N) is 2. The van der Waals surface area contributed by atoms with Crippen LogP contribution < -0.4 is 10.6 Å². The molecule has 3 heteroatoms. The lowest BCUT2D eigenvalue weighted by Crippen LogP contribution is -2.61. The van der Waals surface area contributed by atoms with E-state index in [0.717, 1.165) is 32.5 Å². The molecule has 2 heterocycles. The molecule has 0 atom stereocenters. The summed E-state index contributed by atoms with van der Waals surface area (Å²) in [6, 6.07) is 0. The Morgan fingerprint density at radius 3 is 2.67 bits per heavy atom. The second-order valence-corrected chi connectivity index (χ2v) is 3.95. The highest BCUT2D eigenvalue weighted by Crippen LogP contribution is 2.30. The van der Waals surface area contributed by atoms with Gasteiger partial charge in [0, 0.05) is 19.6 Å². The van der Waals surface area contributed by atoms with Gasteiger partial charge in [0.05, 0.1) is 5.41 Å². The van der Waals surface area contributed by atoms with Crippen LogP contribution >= 0.6 is 0 Å². The number of amides is 1. The van der Waals surface area contributed by atoms with E-state index in [4.69, 9.17) is 0 Å². The summed E-state index contributed by atoms with van der Waals surface area (Å²) in [5, 5.41) is 6.19. The fraction of sp³-hybridized carbons (Fsp3) is 0.889. The van der Waals surface area contributed by atoms with Crippen molar-refractivity contribution in [2.24, 2.45) is 5.41 Å². The van der Waals surface area contributed by atoms with Gasteiger partial charge in [0.25, 0.3) is 0 Å². The fourth-order valence-electron chi connectivity index (χ4n) is 2.03. The smallest absolute Gasteiger partial charge is 0.228 e. The van der Waals surface area contributed by atoms with Gasteiger partial charge in [0.1, 0.15) is 0 Å². The number of rotatable bonds is 0. The van der Waals surface area contributed by atoms with Gasteiger partial charge < -0.3 is 10.6 Å². The minimum Gasteiger partial charge on any atom is -0.356 e. The molecule has 2 N–H and O–H groups in total. The molecule has 0 aromatic carbocycles. The van der Waals surface area contributed by atoms with Crippen molar-refractivity contribution in [2.75, 3.05) is 19.6 Å². The first kappa shape index (κ1) is 8.05. The van der Waals surface area contributed by atoms with Gasteiger partial charge >= 0.3 is 0 Å². The van der Waals surface area contributed by atoms with E-state index in [1.54, 1.807) is 0 Å². The molecule has 0 aromatic rings. The molecule has 2 aliphatic rings. The Morgan fingerprint density at radius 2 is 2.00 bits per heavy atom. The van der Waals surface area contributed by atoms with E-state index in [0.29, 0.717) is 0 Å². The minimum atomic E-state index is -0.0274. The van der Waals surface area contributed by atoms with E-state index in [9.17, 15) is 4.79 Å². The highest BCUT2D eigenvalue weighted by Gasteiger charge is 2.43. The van der Waals surface area contributed by atoms with Crippen molar-refractivity contribution in [1.82, 2.24) is 10.6 Å². The molecule has 0 radical (unpaired) electrons. The SMILES string of the molecule is O=C1NCCCCCC12CNC2. The molecular formula is C9H16N2O. The number of carbonyl (C=O) groups excluding carboxylic acids is 1. The quantitative estimate of drug-likeness (QED) is 0.545. The topological polar surface area (TPSA) is 41.1 Å². The van der Waals surface area contributed by atoms with Crippen molar-refractivity contribution in [2.45, 2.75) is 25.7 Å².